The largest absolute Gasteiger partial charge is 0.461 e. The van der Waals surface area contributed by atoms with Crippen molar-refractivity contribution >= 4 is 27.6 Å². The third kappa shape index (κ3) is 3.12. The second kappa shape index (κ2) is 6.67. The zero-order valence-electron chi connectivity index (χ0n) is 12.9. The molecule has 118 valence electrons. The molecule has 1 amide bonds. The Kier molecular flexibility index (Phi) is 4.44. The lowest BCUT2D eigenvalue weighted by Crippen LogP contribution is -2.34. The van der Waals surface area contributed by atoms with Crippen LogP contribution < -0.4 is 0 Å². The van der Waals surface area contributed by atoms with Crippen LogP contribution in [0.25, 0.3) is 21.7 Å². The van der Waals surface area contributed by atoms with Crippen LogP contribution in [0.5, 0.6) is 0 Å². The van der Waals surface area contributed by atoms with Crippen molar-refractivity contribution in [2.75, 3.05) is 19.7 Å². The van der Waals surface area contributed by atoms with Crippen molar-refractivity contribution in [1.82, 2.24) is 4.90 Å². The second-order valence-corrected chi connectivity index (χ2v) is 5.44. The van der Waals surface area contributed by atoms with Crippen LogP contribution in [0.3, 0.4) is 0 Å². The van der Waals surface area contributed by atoms with Gasteiger partial charge in [-0.1, -0.05) is 36.4 Å². The van der Waals surface area contributed by atoms with Gasteiger partial charge in [-0.25, -0.2) is 0 Å². The van der Waals surface area contributed by atoms with Gasteiger partial charge in [-0.15, -0.1) is 6.58 Å². The molecule has 4 heteroatoms. The maximum Gasteiger partial charge on any atom is 0.230 e. The summed E-state index contributed by atoms with van der Waals surface area (Å²) in [7, 11) is 0. The highest BCUT2D eigenvalue weighted by atomic mass is 16.3. The number of amides is 1. The summed E-state index contributed by atoms with van der Waals surface area (Å²) in [6.07, 6.45) is 1.83. The summed E-state index contributed by atoms with van der Waals surface area (Å²) in [5.74, 6) is 0.552. The van der Waals surface area contributed by atoms with Crippen molar-refractivity contribution in [1.29, 1.82) is 0 Å². The molecule has 4 nitrogen and oxygen atoms in total. The molecule has 3 aromatic rings. The topological polar surface area (TPSA) is 53.7 Å². The molecule has 0 saturated heterocycles. The lowest BCUT2D eigenvalue weighted by Gasteiger charge is -2.19. The average molecular weight is 309 g/mol. The summed E-state index contributed by atoms with van der Waals surface area (Å²) < 4.78 is 5.82. The molecular formula is C19H19NO3. The molecule has 0 radical (unpaired) electrons. The van der Waals surface area contributed by atoms with Gasteiger partial charge in [0.25, 0.3) is 0 Å². The minimum Gasteiger partial charge on any atom is -0.461 e. The van der Waals surface area contributed by atoms with Gasteiger partial charge < -0.3 is 14.4 Å². The van der Waals surface area contributed by atoms with E-state index < -0.39 is 0 Å². The van der Waals surface area contributed by atoms with Gasteiger partial charge in [0.2, 0.25) is 5.91 Å². The fourth-order valence-electron chi connectivity index (χ4n) is 2.79. The van der Waals surface area contributed by atoms with E-state index in [2.05, 4.69) is 18.7 Å². The number of nitrogens with zero attached hydrogens (tertiary/aromatic N) is 1. The molecule has 0 saturated carbocycles. The number of benzene rings is 2. The molecule has 0 atom stereocenters. The van der Waals surface area contributed by atoms with Crippen molar-refractivity contribution in [3.05, 3.63) is 60.9 Å². The highest BCUT2D eigenvalue weighted by Crippen LogP contribution is 2.28. The quantitative estimate of drug-likeness (QED) is 0.712. The molecule has 0 aliphatic rings. The Morgan fingerprint density at radius 2 is 2.04 bits per heavy atom. The molecular weight excluding hydrogens is 290 g/mol. The van der Waals surface area contributed by atoms with E-state index >= 15 is 0 Å². The molecule has 0 unspecified atom stereocenters. The Morgan fingerprint density at radius 1 is 1.22 bits per heavy atom. The number of aliphatic hydroxyl groups excluding tert-OH is 1. The standard InChI is InChI=1S/C19H19NO3/c1-2-9-20(10-11-21)19(22)13-15-12-17-16-6-4-3-5-14(16)7-8-18(17)23-15/h2-8,12,21H,1,9-11,13H2. The first kappa shape index (κ1) is 15.3. The van der Waals surface area contributed by atoms with E-state index in [9.17, 15) is 4.79 Å². The second-order valence-electron chi connectivity index (χ2n) is 5.44. The van der Waals surface area contributed by atoms with E-state index in [1.54, 1.807) is 11.0 Å². The molecule has 0 bridgehead atoms. The van der Waals surface area contributed by atoms with Crippen LogP contribution >= 0.6 is 0 Å². The first-order valence-electron chi connectivity index (χ1n) is 7.62. The number of hydrogen-bond donors (Lipinski definition) is 1. The van der Waals surface area contributed by atoms with Gasteiger partial charge in [0, 0.05) is 18.5 Å². The van der Waals surface area contributed by atoms with Crippen LogP contribution in [-0.2, 0) is 11.2 Å². The van der Waals surface area contributed by atoms with Crippen molar-refractivity contribution in [2.45, 2.75) is 6.42 Å². The van der Waals surface area contributed by atoms with Crippen LogP contribution in [0, 0.1) is 0 Å². The molecule has 23 heavy (non-hydrogen) atoms. The monoisotopic (exact) mass is 309 g/mol. The molecule has 1 N–H and O–H groups in total. The Labute approximate surface area is 134 Å². The summed E-state index contributed by atoms with van der Waals surface area (Å²) in [4.78, 5) is 13.9. The smallest absolute Gasteiger partial charge is 0.230 e. The van der Waals surface area contributed by atoms with Crippen molar-refractivity contribution in [3.8, 4) is 0 Å². The van der Waals surface area contributed by atoms with Crippen molar-refractivity contribution in [2.24, 2.45) is 0 Å². The fourth-order valence-corrected chi connectivity index (χ4v) is 2.79. The predicted octanol–water partition coefficient (Wildman–Crippen LogP) is 3.14. The zero-order valence-corrected chi connectivity index (χ0v) is 12.9. The first-order valence-corrected chi connectivity index (χ1v) is 7.62. The Bertz CT molecular complexity index is 850. The van der Waals surface area contributed by atoms with Gasteiger partial charge in [-0.2, -0.15) is 0 Å². The van der Waals surface area contributed by atoms with Crippen molar-refractivity contribution in [3.63, 3.8) is 0 Å². The molecule has 1 aromatic heterocycles. The number of rotatable bonds is 6. The number of furan rings is 1. The average Bonchev–Trinajstić information content (AvgIpc) is 2.97. The first-order chi connectivity index (χ1) is 11.2. The highest BCUT2D eigenvalue weighted by Gasteiger charge is 2.15. The molecule has 1 heterocycles. The van der Waals surface area contributed by atoms with E-state index in [4.69, 9.17) is 9.52 Å². The van der Waals surface area contributed by atoms with Crippen molar-refractivity contribution < 1.29 is 14.3 Å². The molecule has 0 spiro atoms. The number of carbonyl (C=O) groups is 1. The molecule has 0 aliphatic carbocycles. The van der Waals surface area contributed by atoms with Gasteiger partial charge >= 0.3 is 0 Å². The van der Waals surface area contributed by atoms with Gasteiger partial charge in [0.05, 0.1) is 13.0 Å². The van der Waals surface area contributed by atoms with E-state index in [0.29, 0.717) is 18.8 Å². The van der Waals surface area contributed by atoms with E-state index in [1.807, 2.05) is 30.3 Å². The lowest BCUT2D eigenvalue weighted by molar-refractivity contribution is -0.130. The normalized spacial score (nSPS) is 11.0. The Morgan fingerprint density at radius 3 is 2.83 bits per heavy atom. The minimum atomic E-state index is -0.0812. The highest BCUT2D eigenvalue weighted by molar-refractivity contribution is 6.06. The van der Waals surface area contributed by atoms with Crippen LogP contribution in [0.4, 0.5) is 0 Å². The van der Waals surface area contributed by atoms with Gasteiger partial charge in [-0.05, 0) is 22.9 Å². The fraction of sp³-hybridized carbons (Fsp3) is 0.211. The van der Waals surface area contributed by atoms with Crippen LogP contribution in [0.15, 0.2) is 59.5 Å². The Balaban J connectivity index is 1.90. The lowest BCUT2D eigenvalue weighted by atomic mass is 10.1. The van der Waals surface area contributed by atoms with Crippen LogP contribution in [-0.4, -0.2) is 35.6 Å². The third-order valence-corrected chi connectivity index (χ3v) is 3.87. The van der Waals surface area contributed by atoms with Gasteiger partial charge in [-0.3, -0.25) is 4.79 Å². The maximum absolute atomic E-state index is 12.3. The maximum atomic E-state index is 12.3. The molecule has 0 fully saturated rings. The molecule has 3 rings (SSSR count). The summed E-state index contributed by atoms with van der Waals surface area (Å²) >= 11 is 0. The zero-order chi connectivity index (χ0) is 16.2. The summed E-state index contributed by atoms with van der Waals surface area (Å²) in [5.41, 5.74) is 0.781. The van der Waals surface area contributed by atoms with Crippen LogP contribution in [0.2, 0.25) is 0 Å². The van der Waals surface area contributed by atoms with E-state index in [-0.39, 0.29) is 18.9 Å². The summed E-state index contributed by atoms with van der Waals surface area (Å²) in [6, 6.07) is 14.0. The minimum absolute atomic E-state index is 0.0651. The van der Waals surface area contributed by atoms with E-state index in [0.717, 1.165) is 21.7 Å². The van der Waals surface area contributed by atoms with Crippen LogP contribution in [0.1, 0.15) is 5.76 Å². The summed E-state index contributed by atoms with van der Waals surface area (Å²) in [5, 5.41) is 12.3. The Hall–Kier alpha value is -2.59. The molecule has 2 aromatic carbocycles. The number of aliphatic hydroxyl groups is 1. The third-order valence-electron chi connectivity index (χ3n) is 3.87. The summed E-state index contributed by atoms with van der Waals surface area (Å²) in [6.45, 7) is 4.30. The van der Waals surface area contributed by atoms with Gasteiger partial charge in [0.15, 0.2) is 0 Å². The number of fused-ring (bicyclic) bond motifs is 3. The van der Waals surface area contributed by atoms with Gasteiger partial charge in [0.1, 0.15) is 11.3 Å². The predicted molar refractivity (Wildman–Crippen MR) is 91.3 cm³/mol. The number of hydrogen-bond acceptors (Lipinski definition) is 3. The number of carbonyl (C=O) groups excluding carboxylic acids is 1. The molecule has 0 aliphatic heterocycles. The van der Waals surface area contributed by atoms with E-state index in [1.165, 1.54) is 0 Å². The SMILES string of the molecule is C=CCN(CCO)C(=O)Cc1cc2c(ccc3ccccc32)o1.